The van der Waals surface area contributed by atoms with Crippen molar-refractivity contribution in [3.8, 4) is 5.75 Å². The van der Waals surface area contributed by atoms with Crippen LogP contribution in [0.1, 0.15) is 50.9 Å². The average molecular weight is 417 g/mol. The van der Waals surface area contributed by atoms with Crippen molar-refractivity contribution in [2.24, 2.45) is 11.8 Å². The van der Waals surface area contributed by atoms with Crippen molar-refractivity contribution < 1.29 is 23.9 Å². The summed E-state index contributed by atoms with van der Waals surface area (Å²) in [5, 5.41) is 2.97. The molecule has 1 N–H and O–H groups in total. The molecule has 0 atom stereocenters. The molecule has 0 aliphatic carbocycles. The first kappa shape index (κ1) is 23.4. The van der Waals surface area contributed by atoms with Crippen LogP contribution in [0.15, 0.2) is 35.9 Å². The van der Waals surface area contributed by atoms with Crippen LogP contribution in [-0.2, 0) is 9.53 Å². The molecule has 0 bridgehead atoms. The summed E-state index contributed by atoms with van der Waals surface area (Å²) in [6, 6.07) is 6.46. The maximum atomic E-state index is 12.7. The number of allylic oxidation sites excluding steroid dienone is 1. The van der Waals surface area contributed by atoms with Gasteiger partial charge in [0.1, 0.15) is 5.75 Å². The Labute approximate surface area is 178 Å². The van der Waals surface area contributed by atoms with Gasteiger partial charge < -0.3 is 19.7 Å². The molecular weight excluding hydrogens is 384 g/mol. The fourth-order valence-electron chi connectivity index (χ4n) is 3.10. The summed E-state index contributed by atoms with van der Waals surface area (Å²) in [7, 11) is 0. The van der Waals surface area contributed by atoms with Crippen molar-refractivity contribution >= 4 is 18.0 Å². The maximum absolute atomic E-state index is 12.7. The Balaban J connectivity index is 1.79. The highest BCUT2D eigenvalue weighted by atomic mass is 16.7. The van der Waals surface area contributed by atoms with Crippen molar-refractivity contribution in [1.29, 1.82) is 0 Å². The molecule has 0 spiro atoms. The Morgan fingerprint density at radius 2 is 1.80 bits per heavy atom. The molecule has 30 heavy (non-hydrogen) atoms. The van der Waals surface area contributed by atoms with E-state index in [2.05, 4.69) is 19.2 Å². The lowest BCUT2D eigenvalue weighted by molar-refractivity contribution is -0.116. The van der Waals surface area contributed by atoms with E-state index >= 15 is 0 Å². The van der Waals surface area contributed by atoms with Crippen LogP contribution in [0.25, 0.3) is 0 Å². The Kier molecular flexibility index (Phi) is 8.89. The van der Waals surface area contributed by atoms with Crippen LogP contribution in [0.4, 0.5) is 4.79 Å². The first-order chi connectivity index (χ1) is 14.3. The summed E-state index contributed by atoms with van der Waals surface area (Å²) in [6.45, 7) is 9.96. The molecule has 0 saturated carbocycles. The molecule has 2 amide bonds. The number of likely N-dealkylation sites (tertiary alicyclic amines) is 1. The predicted octanol–water partition coefficient (Wildman–Crippen LogP) is 3.79. The Morgan fingerprint density at radius 1 is 1.17 bits per heavy atom. The molecule has 164 valence electrons. The number of nitrogens with one attached hydrogen (secondary N) is 1. The summed E-state index contributed by atoms with van der Waals surface area (Å²) in [5.41, 5.74) is 1.61. The van der Waals surface area contributed by atoms with Gasteiger partial charge in [-0.3, -0.25) is 9.59 Å². The summed E-state index contributed by atoms with van der Waals surface area (Å²) >= 11 is 0. The Bertz CT molecular complexity index is 762. The van der Waals surface area contributed by atoms with Gasteiger partial charge in [-0.1, -0.05) is 19.4 Å². The molecule has 1 heterocycles. The van der Waals surface area contributed by atoms with Crippen LogP contribution in [0.5, 0.6) is 5.75 Å². The van der Waals surface area contributed by atoms with Crippen LogP contribution in [0.3, 0.4) is 0 Å². The van der Waals surface area contributed by atoms with E-state index in [0.717, 1.165) is 18.4 Å². The highest BCUT2D eigenvalue weighted by Crippen LogP contribution is 2.20. The topological polar surface area (TPSA) is 84.9 Å². The second-order valence-electron chi connectivity index (χ2n) is 7.83. The van der Waals surface area contributed by atoms with Crippen molar-refractivity contribution in [2.75, 3.05) is 26.2 Å². The summed E-state index contributed by atoms with van der Waals surface area (Å²) in [5.74, 6) is 0.962. The van der Waals surface area contributed by atoms with Crippen LogP contribution in [-0.4, -0.2) is 49.1 Å². The van der Waals surface area contributed by atoms with Crippen LogP contribution >= 0.6 is 0 Å². The standard InChI is InChI=1S/C23H32N2O5/c1-5-29-23(28)30-20-8-6-19(7-9-20)22(27)25-12-10-18(11-13-25)15-24-21(26)14-17(4)16(2)3/h6-9,14,16,18H,5,10-13,15H2,1-4H3,(H,24,26)/b17-14+. The summed E-state index contributed by atoms with van der Waals surface area (Å²) in [6.07, 6.45) is 2.60. The van der Waals surface area contributed by atoms with E-state index in [0.29, 0.717) is 42.8 Å². The van der Waals surface area contributed by atoms with Gasteiger partial charge in [0.05, 0.1) is 6.61 Å². The molecule has 7 heteroatoms. The molecule has 0 aromatic heterocycles. The third-order valence-electron chi connectivity index (χ3n) is 5.30. The number of hydrogen-bond acceptors (Lipinski definition) is 5. The zero-order chi connectivity index (χ0) is 22.1. The quantitative estimate of drug-likeness (QED) is 0.415. The van der Waals surface area contributed by atoms with E-state index < -0.39 is 6.16 Å². The average Bonchev–Trinajstić information content (AvgIpc) is 2.72. The number of carbonyl (C=O) groups is 3. The highest BCUT2D eigenvalue weighted by Gasteiger charge is 2.24. The molecule has 0 radical (unpaired) electrons. The minimum atomic E-state index is -0.763. The van der Waals surface area contributed by atoms with Crippen LogP contribution in [0.2, 0.25) is 0 Å². The van der Waals surface area contributed by atoms with Gasteiger partial charge in [-0.15, -0.1) is 0 Å². The maximum Gasteiger partial charge on any atom is 0.513 e. The Hall–Kier alpha value is -2.83. The lowest BCUT2D eigenvalue weighted by Crippen LogP contribution is -2.41. The molecule has 2 rings (SSSR count). The fraction of sp³-hybridized carbons (Fsp3) is 0.522. The van der Waals surface area contributed by atoms with Crippen molar-refractivity contribution in [1.82, 2.24) is 10.2 Å². The van der Waals surface area contributed by atoms with Gasteiger partial charge in [-0.2, -0.15) is 0 Å². The van der Waals surface area contributed by atoms with Gasteiger partial charge in [-0.25, -0.2) is 4.79 Å². The van der Waals surface area contributed by atoms with E-state index in [-0.39, 0.29) is 18.4 Å². The molecule has 1 aromatic carbocycles. The molecule has 1 fully saturated rings. The lowest BCUT2D eigenvalue weighted by Gasteiger charge is -2.32. The normalized spacial score (nSPS) is 15.1. The predicted molar refractivity (Wildman–Crippen MR) is 114 cm³/mol. The molecule has 1 aliphatic rings. The number of hydrogen-bond donors (Lipinski definition) is 1. The number of amides is 2. The number of piperidine rings is 1. The van der Waals surface area contributed by atoms with Gasteiger partial charge in [0, 0.05) is 31.3 Å². The second kappa shape index (κ2) is 11.4. The molecular formula is C23H32N2O5. The second-order valence-corrected chi connectivity index (χ2v) is 7.83. The van der Waals surface area contributed by atoms with Gasteiger partial charge in [0.15, 0.2) is 0 Å². The number of benzene rings is 1. The van der Waals surface area contributed by atoms with Crippen LogP contribution < -0.4 is 10.1 Å². The molecule has 0 unspecified atom stereocenters. The third kappa shape index (κ3) is 7.21. The number of nitrogens with zero attached hydrogens (tertiary/aromatic N) is 1. The largest absolute Gasteiger partial charge is 0.513 e. The first-order valence-corrected chi connectivity index (χ1v) is 10.5. The summed E-state index contributed by atoms with van der Waals surface area (Å²) in [4.78, 5) is 37.9. The smallest absolute Gasteiger partial charge is 0.434 e. The van der Waals surface area contributed by atoms with E-state index in [1.54, 1.807) is 37.3 Å². The molecule has 1 aliphatic heterocycles. The monoisotopic (exact) mass is 416 g/mol. The van der Waals surface area contributed by atoms with Crippen molar-refractivity contribution in [2.45, 2.75) is 40.5 Å². The van der Waals surface area contributed by atoms with Gasteiger partial charge >= 0.3 is 6.16 Å². The van der Waals surface area contributed by atoms with Gasteiger partial charge in [0.2, 0.25) is 5.91 Å². The van der Waals surface area contributed by atoms with E-state index in [1.807, 2.05) is 11.8 Å². The first-order valence-electron chi connectivity index (χ1n) is 10.5. The van der Waals surface area contributed by atoms with E-state index in [4.69, 9.17) is 9.47 Å². The minimum absolute atomic E-state index is 0.0457. The van der Waals surface area contributed by atoms with E-state index in [1.165, 1.54) is 0 Å². The summed E-state index contributed by atoms with van der Waals surface area (Å²) < 4.78 is 9.73. The van der Waals surface area contributed by atoms with Crippen molar-refractivity contribution in [3.63, 3.8) is 0 Å². The molecule has 1 aromatic rings. The van der Waals surface area contributed by atoms with Crippen molar-refractivity contribution in [3.05, 3.63) is 41.5 Å². The highest BCUT2D eigenvalue weighted by molar-refractivity contribution is 5.94. The number of carbonyl (C=O) groups excluding carboxylic acids is 3. The zero-order valence-electron chi connectivity index (χ0n) is 18.3. The SMILES string of the molecule is CCOC(=O)Oc1ccc(C(=O)N2CCC(CNC(=O)/C=C(\C)C(C)C)CC2)cc1. The van der Waals surface area contributed by atoms with Crippen LogP contribution in [0, 0.1) is 11.8 Å². The molecule has 1 saturated heterocycles. The fourth-order valence-corrected chi connectivity index (χ4v) is 3.10. The van der Waals surface area contributed by atoms with Gasteiger partial charge in [0.25, 0.3) is 5.91 Å². The number of rotatable bonds is 7. The minimum Gasteiger partial charge on any atom is -0.434 e. The number of ether oxygens (including phenoxy) is 2. The third-order valence-corrected chi connectivity index (χ3v) is 5.30. The molecule has 7 nitrogen and oxygen atoms in total. The lowest BCUT2D eigenvalue weighted by atomic mass is 9.96. The van der Waals surface area contributed by atoms with Gasteiger partial charge in [-0.05, 0) is 62.8 Å². The van der Waals surface area contributed by atoms with E-state index in [9.17, 15) is 14.4 Å². The zero-order valence-corrected chi connectivity index (χ0v) is 18.3. The Morgan fingerprint density at radius 3 is 2.37 bits per heavy atom.